The maximum atomic E-state index is 4.44. The van der Waals surface area contributed by atoms with Gasteiger partial charge in [0.1, 0.15) is 5.01 Å². The highest BCUT2D eigenvalue weighted by molar-refractivity contribution is 7.09. The molecule has 0 unspecified atom stereocenters. The molecule has 0 saturated heterocycles. The van der Waals surface area contributed by atoms with Crippen molar-refractivity contribution in [2.45, 2.75) is 20.4 Å². The van der Waals surface area contributed by atoms with Gasteiger partial charge in [-0.05, 0) is 19.9 Å². The molecule has 3 rings (SSSR count). The fraction of sp³-hybridized carbons (Fsp3) is 0.308. The molecular formula is C13H15N5S. The van der Waals surface area contributed by atoms with Crippen LogP contribution in [-0.4, -0.2) is 19.7 Å². The summed E-state index contributed by atoms with van der Waals surface area (Å²) in [7, 11) is 1.91. The van der Waals surface area contributed by atoms with Gasteiger partial charge in [0, 0.05) is 23.5 Å². The first-order valence-electron chi connectivity index (χ1n) is 6.08. The van der Waals surface area contributed by atoms with Gasteiger partial charge in [-0.1, -0.05) is 0 Å². The molecule has 6 heteroatoms. The van der Waals surface area contributed by atoms with Crippen LogP contribution in [-0.2, 0) is 13.6 Å². The number of thiazole rings is 1. The molecule has 0 amide bonds. The topological polar surface area (TPSA) is 55.6 Å². The lowest BCUT2D eigenvalue weighted by Crippen LogP contribution is -2.00. The predicted molar refractivity (Wildman–Crippen MR) is 77.4 cm³/mol. The van der Waals surface area contributed by atoms with Crippen LogP contribution in [0.2, 0.25) is 0 Å². The quantitative estimate of drug-likeness (QED) is 0.797. The van der Waals surface area contributed by atoms with Crippen LogP contribution in [0.5, 0.6) is 0 Å². The van der Waals surface area contributed by atoms with Crippen molar-refractivity contribution in [1.29, 1.82) is 0 Å². The summed E-state index contributed by atoms with van der Waals surface area (Å²) in [4.78, 5) is 8.87. The zero-order valence-electron chi connectivity index (χ0n) is 11.1. The molecule has 3 heterocycles. The molecule has 0 fully saturated rings. The van der Waals surface area contributed by atoms with Gasteiger partial charge in [0.2, 0.25) is 0 Å². The predicted octanol–water partition coefficient (Wildman–Crippen LogP) is 2.65. The maximum absolute atomic E-state index is 4.44. The molecule has 0 radical (unpaired) electrons. The standard InChI is InChI=1S/C13H15N5S/c1-8-7-19-12(16-8)6-14-10-4-11-9(2)17-18(3)13(11)15-5-10/h4-5,7,14H,6H2,1-3H3. The number of hydrogen-bond donors (Lipinski definition) is 1. The van der Waals surface area contributed by atoms with Gasteiger partial charge in [-0.3, -0.25) is 4.68 Å². The molecule has 98 valence electrons. The van der Waals surface area contributed by atoms with E-state index in [0.29, 0.717) is 0 Å². The van der Waals surface area contributed by atoms with E-state index in [9.17, 15) is 0 Å². The largest absolute Gasteiger partial charge is 0.377 e. The van der Waals surface area contributed by atoms with E-state index in [4.69, 9.17) is 0 Å². The highest BCUT2D eigenvalue weighted by Gasteiger charge is 2.07. The molecule has 0 aliphatic carbocycles. The first kappa shape index (κ1) is 12.1. The SMILES string of the molecule is Cc1csc(CNc2cnc3c(c2)c(C)nn3C)n1. The molecule has 0 aliphatic rings. The normalized spacial score (nSPS) is 11.1. The molecule has 3 aromatic rings. The molecule has 0 aromatic carbocycles. The van der Waals surface area contributed by atoms with Crippen molar-refractivity contribution in [2.75, 3.05) is 5.32 Å². The molecule has 1 N–H and O–H groups in total. The molecule has 0 aliphatic heterocycles. The van der Waals surface area contributed by atoms with E-state index in [-0.39, 0.29) is 0 Å². The summed E-state index contributed by atoms with van der Waals surface area (Å²) in [5.74, 6) is 0. The van der Waals surface area contributed by atoms with Crippen molar-refractivity contribution in [3.63, 3.8) is 0 Å². The van der Waals surface area contributed by atoms with Gasteiger partial charge >= 0.3 is 0 Å². The lowest BCUT2D eigenvalue weighted by molar-refractivity contribution is 0.774. The summed E-state index contributed by atoms with van der Waals surface area (Å²) < 4.78 is 1.80. The number of anilines is 1. The fourth-order valence-corrected chi connectivity index (χ4v) is 2.78. The van der Waals surface area contributed by atoms with Crippen LogP contribution < -0.4 is 5.32 Å². The number of aryl methyl sites for hydroxylation is 3. The highest BCUT2D eigenvalue weighted by Crippen LogP contribution is 2.20. The Labute approximate surface area is 115 Å². The Balaban J connectivity index is 1.83. The van der Waals surface area contributed by atoms with Crippen LogP contribution >= 0.6 is 11.3 Å². The van der Waals surface area contributed by atoms with Crippen LogP contribution in [0.3, 0.4) is 0 Å². The Morgan fingerprint density at radius 2 is 2.21 bits per heavy atom. The second-order valence-corrected chi connectivity index (χ2v) is 5.48. The van der Waals surface area contributed by atoms with Crippen LogP contribution in [0.25, 0.3) is 11.0 Å². The van der Waals surface area contributed by atoms with Crippen molar-refractivity contribution in [1.82, 2.24) is 19.7 Å². The van der Waals surface area contributed by atoms with Gasteiger partial charge in [-0.15, -0.1) is 11.3 Å². The summed E-state index contributed by atoms with van der Waals surface area (Å²) >= 11 is 1.67. The number of rotatable bonds is 3. The van der Waals surface area contributed by atoms with E-state index in [1.54, 1.807) is 16.0 Å². The minimum absolute atomic E-state index is 0.727. The first-order valence-corrected chi connectivity index (χ1v) is 6.95. The minimum atomic E-state index is 0.727. The number of nitrogens with one attached hydrogen (secondary N) is 1. The average Bonchev–Trinajstić information content (AvgIpc) is 2.92. The lowest BCUT2D eigenvalue weighted by Gasteiger charge is -2.04. The number of aromatic nitrogens is 4. The van der Waals surface area contributed by atoms with Crippen molar-refractivity contribution in [2.24, 2.45) is 7.05 Å². The number of fused-ring (bicyclic) bond motifs is 1. The van der Waals surface area contributed by atoms with Crippen LogP contribution in [0, 0.1) is 13.8 Å². The third-order valence-corrected chi connectivity index (χ3v) is 3.94. The lowest BCUT2D eigenvalue weighted by atomic mass is 10.2. The zero-order valence-corrected chi connectivity index (χ0v) is 12.0. The molecule has 5 nitrogen and oxygen atoms in total. The molecule has 0 bridgehead atoms. The van der Waals surface area contributed by atoms with Gasteiger partial charge in [0.15, 0.2) is 5.65 Å². The first-order chi connectivity index (χ1) is 9.13. The van der Waals surface area contributed by atoms with E-state index in [0.717, 1.165) is 39.7 Å². The van der Waals surface area contributed by atoms with Crippen molar-refractivity contribution in [3.8, 4) is 0 Å². The number of hydrogen-bond acceptors (Lipinski definition) is 5. The summed E-state index contributed by atoms with van der Waals surface area (Å²) in [5, 5.41) is 11.9. The van der Waals surface area contributed by atoms with E-state index >= 15 is 0 Å². The van der Waals surface area contributed by atoms with E-state index in [1.807, 2.05) is 27.1 Å². The third-order valence-electron chi connectivity index (χ3n) is 2.97. The summed E-state index contributed by atoms with van der Waals surface area (Å²) in [6.45, 7) is 4.73. The molecule has 0 atom stereocenters. The fourth-order valence-electron chi connectivity index (χ4n) is 2.07. The number of pyridine rings is 1. The Hall–Kier alpha value is -1.95. The molecule has 0 saturated carbocycles. The summed E-state index contributed by atoms with van der Waals surface area (Å²) in [6.07, 6.45) is 1.84. The summed E-state index contributed by atoms with van der Waals surface area (Å²) in [5.41, 5.74) is 3.97. The Morgan fingerprint density at radius 3 is 2.95 bits per heavy atom. The highest BCUT2D eigenvalue weighted by atomic mass is 32.1. The summed E-state index contributed by atoms with van der Waals surface area (Å²) in [6, 6.07) is 2.09. The Bertz CT molecular complexity index is 728. The third kappa shape index (κ3) is 2.31. The van der Waals surface area contributed by atoms with Crippen LogP contribution in [0.4, 0.5) is 5.69 Å². The minimum Gasteiger partial charge on any atom is -0.377 e. The molecular weight excluding hydrogens is 258 g/mol. The Kier molecular flexibility index (Phi) is 2.94. The van der Waals surface area contributed by atoms with Gasteiger partial charge in [-0.2, -0.15) is 5.10 Å². The number of nitrogens with zero attached hydrogens (tertiary/aromatic N) is 4. The van der Waals surface area contributed by atoms with Crippen molar-refractivity contribution in [3.05, 3.63) is 34.0 Å². The van der Waals surface area contributed by atoms with Gasteiger partial charge in [0.05, 0.1) is 24.1 Å². The smallest absolute Gasteiger partial charge is 0.157 e. The average molecular weight is 273 g/mol. The van der Waals surface area contributed by atoms with Gasteiger partial charge in [0.25, 0.3) is 0 Å². The van der Waals surface area contributed by atoms with Crippen LogP contribution in [0.15, 0.2) is 17.6 Å². The second kappa shape index (κ2) is 4.62. The molecule has 0 spiro atoms. The van der Waals surface area contributed by atoms with Gasteiger partial charge in [-0.25, -0.2) is 9.97 Å². The van der Waals surface area contributed by atoms with E-state index in [1.165, 1.54) is 0 Å². The zero-order chi connectivity index (χ0) is 13.4. The molecule has 3 aromatic heterocycles. The Morgan fingerprint density at radius 1 is 1.37 bits per heavy atom. The molecule has 19 heavy (non-hydrogen) atoms. The van der Waals surface area contributed by atoms with Gasteiger partial charge < -0.3 is 5.32 Å². The van der Waals surface area contributed by atoms with E-state index in [2.05, 4.69) is 31.8 Å². The second-order valence-electron chi connectivity index (χ2n) is 4.54. The van der Waals surface area contributed by atoms with Crippen molar-refractivity contribution < 1.29 is 0 Å². The maximum Gasteiger partial charge on any atom is 0.157 e. The monoisotopic (exact) mass is 273 g/mol. The van der Waals surface area contributed by atoms with Crippen molar-refractivity contribution >= 4 is 28.1 Å². The van der Waals surface area contributed by atoms with E-state index < -0.39 is 0 Å². The van der Waals surface area contributed by atoms with Crippen LogP contribution in [0.1, 0.15) is 16.4 Å².